The summed E-state index contributed by atoms with van der Waals surface area (Å²) in [5.74, 6) is -1.65. The summed E-state index contributed by atoms with van der Waals surface area (Å²) in [6.07, 6.45) is 4.46. The van der Waals surface area contributed by atoms with Crippen LogP contribution in [0.5, 0.6) is 0 Å². The lowest BCUT2D eigenvalue weighted by Crippen LogP contribution is -2.40. The molecule has 1 aromatic rings. The minimum atomic E-state index is -1.10. The number of carboxylic acid groups (broad SMARTS) is 1. The summed E-state index contributed by atoms with van der Waals surface area (Å²) in [6.45, 7) is 0. The number of hydrogen-bond donors (Lipinski definition) is 2. The topological polar surface area (TPSA) is 66.4 Å². The highest BCUT2D eigenvalue weighted by atomic mass is 35.5. The Bertz CT molecular complexity index is 531. The number of carbonyl (C=O) groups excluding carboxylic acids is 1. The van der Waals surface area contributed by atoms with Gasteiger partial charge < -0.3 is 10.4 Å². The third-order valence-corrected chi connectivity index (χ3v) is 3.60. The predicted octanol–water partition coefficient (Wildman–Crippen LogP) is 2.81. The molecule has 0 unspecified atom stereocenters. The molecule has 1 atom stereocenters. The van der Waals surface area contributed by atoms with Crippen LogP contribution in [0.15, 0.2) is 24.3 Å². The zero-order valence-electron chi connectivity index (χ0n) is 11.3. The number of halogens is 2. The zero-order valence-corrected chi connectivity index (χ0v) is 12.9. The minimum absolute atomic E-state index is 0.0882. The van der Waals surface area contributed by atoms with E-state index in [0.29, 0.717) is 12.2 Å². The van der Waals surface area contributed by atoms with Crippen LogP contribution in [0.1, 0.15) is 12.0 Å². The van der Waals surface area contributed by atoms with Gasteiger partial charge in [0.1, 0.15) is 11.9 Å². The molecule has 0 saturated heterocycles. The molecule has 7 heteroatoms. The number of amides is 1. The third kappa shape index (κ3) is 5.77. The van der Waals surface area contributed by atoms with E-state index < -0.39 is 23.7 Å². The molecule has 21 heavy (non-hydrogen) atoms. The summed E-state index contributed by atoms with van der Waals surface area (Å²) in [4.78, 5) is 22.7. The molecular weight excluding hydrogens is 317 g/mol. The fourth-order valence-electron chi connectivity index (χ4n) is 1.54. The van der Waals surface area contributed by atoms with Crippen LogP contribution in [-0.4, -0.2) is 35.0 Å². The number of carbonyl (C=O) groups is 2. The first kappa shape index (κ1) is 17.5. The van der Waals surface area contributed by atoms with Gasteiger partial charge in [-0.15, -0.1) is 0 Å². The lowest BCUT2D eigenvalue weighted by atomic mass is 10.2. The van der Waals surface area contributed by atoms with Gasteiger partial charge in [-0.2, -0.15) is 11.8 Å². The van der Waals surface area contributed by atoms with Crippen LogP contribution in [0.3, 0.4) is 0 Å². The highest BCUT2D eigenvalue weighted by Gasteiger charge is 2.18. The van der Waals surface area contributed by atoms with Crippen LogP contribution in [0.4, 0.5) is 4.39 Å². The van der Waals surface area contributed by atoms with Crippen molar-refractivity contribution < 1.29 is 19.1 Å². The van der Waals surface area contributed by atoms with Crippen molar-refractivity contribution >= 4 is 41.3 Å². The van der Waals surface area contributed by atoms with E-state index >= 15 is 0 Å². The van der Waals surface area contributed by atoms with Gasteiger partial charge in [-0.05, 0) is 36.6 Å². The third-order valence-electron chi connectivity index (χ3n) is 2.63. The lowest BCUT2D eigenvalue weighted by molar-refractivity contribution is -0.141. The van der Waals surface area contributed by atoms with Gasteiger partial charge in [0.15, 0.2) is 0 Å². The molecule has 0 aromatic heterocycles. The highest BCUT2D eigenvalue weighted by Crippen LogP contribution is 2.20. The van der Waals surface area contributed by atoms with Gasteiger partial charge in [0.25, 0.3) is 0 Å². The molecule has 4 nitrogen and oxygen atoms in total. The molecule has 1 amide bonds. The van der Waals surface area contributed by atoms with Crippen molar-refractivity contribution in [1.29, 1.82) is 0 Å². The van der Waals surface area contributed by atoms with Crippen molar-refractivity contribution in [2.24, 2.45) is 0 Å². The van der Waals surface area contributed by atoms with Gasteiger partial charge in [-0.1, -0.05) is 17.7 Å². The molecule has 1 rings (SSSR count). The largest absolute Gasteiger partial charge is 0.480 e. The molecule has 114 valence electrons. The quantitative estimate of drug-likeness (QED) is 0.754. The maximum Gasteiger partial charge on any atom is 0.326 e. The Morgan fingerprint density at radius 1 is 1.52 bits per heavy atom. The van der Waals surface area contributed by atoms with Crippen molar-refractivity contribution in [2.45, 2.75) is 12.5 Å². The summed E-state index contributed by atoms with van der Waals surface area (Å²) in [5.41, 5.74) is 0.0882. The van der Waals surface area contributed by atoms with Crippen molar-refractivity contribution in [3.63, 3.8) is 0 Å². The van der Waals surface area contributed by atoms with Crippen LogP contribution in [0.25, 0.3) is 6.08 Å². The maximum atomic E-state index is 13.5. The summed E-state index contributed by atoms with van der Waals surface area (Å²) in [6, 6.07) is 3.21. The molecule has 0 radical (unpaired) electrons. The number of hydrogen-bond acceptors (Lipinski definition) is 3. The molecule has 0 heterocycles. The van der Waals surface area contributed by atoms with E-state index in [2.05, 4.69) is 5.32 Å². The Morgan fingerprint density at radius 3 is 2.81 bits per heavy atom. The summed E-state index contributed by atoms with van der Waals surface area (Å²) >= 11 is 7.31. The summed E-state index contributed by atoms with van der Waals surface area (Å²) in [5, 5.41) is 11.5. The van der Waals surface area contributed by atoms with Crippen molar-refractivity contribution in [3.05, 3.63) is 40.7 Å². The van der Waals surface area contributed by atoms with E-state index in [4.69, 9.17) is 16.7 Å². The summed E-state index contributed by atoms with van der Waals surface area (Å²) in [7, 11) is 0. The predicted molar refractivity (Wildman–Crippen MR) is 83.0 cm³/mol. The lowest BCUT2D eigenvalue weighted by Gasteiger charge is -2.12. The van der Waals surface area contributed by atoms with Gasteiger partial charge in [0, 0.05) is 11.6 Å². The number of nitrogens with one attached hydrogen (secondary N) is 1. The first-order chi connectivity index (χ1) is 9.95. The average molecular weight is 332 g/mol. The Labute approximate surface area is 131 Å². The number of benzene rings is 1. The van der Waals surface area contributed by atoms with E-state index in [-0.39, 0.29) is 10.6 Å². The Hall–Kier alpha value is -1.53. The molecule has 2 N–H and O–H groups in total. The standard InChI is InChI=1S/C14H15ClFNO3S/c1-21-8-7-12(14(19)20)17-13(18)6-5-9-10(15)3-2-4-11(9)16/h2-6,12H,7-8H2,1H3,(H,17,18)(H,19,20)/b6-5+/t12-/m1/s1. The molecule has 0 aliphatic heterocycles. The second-order valence-electron chi connectivity index (χ2n) is 4.15. The molecule has 0 aliphatic rings. The average Bonchev–Trinajstić information content (AvgIpc) is 2.42. The fourth-order valence-corrected chi connectivity index (χ4v) is 2.24. The van der Waals surface area contributed by atoms with Crippen molar-refractivity contribution in [3.8, 4) is 0 Å². The number of thioether (sulfide) groups is 1. The van der Waals surface area contributed by atoms with Gasteiger partial charge in [0.05, 0.1) is 5.02 Å². The number of aliphatic carboxylic acids is 1. The molecular formula is C14H15ClFNO3S. The molecule has 0 fully saturated rings. The Morgan fingerprint density at radius 2 is 2.24 bits per heavy atom. The fraction of sp³-hybridized carbons (Fsp3) is 0.286. The number of carboxylic acids is 1. The van der Waals surface area contributed by atoms with Gasteiger partial charge in [0.2, 0.25) is 5.91 Å². The van der Waals surface area contributed by atoms with Crippen LogP contribution in [-0.2, 0) is 9.59 Å². The smallest absolute Gasteiger partial charge is 0.326 e. The van der Waals surface area contributed by atoms with Crippen LogP contribution < -0.4 is 5.32 Å². The van der Waals surface area contributed by atoms with E-state index in [0.717, 1.165) is 6.08 Å². The van der Waals surface area contributed by atoms with E-state index in [1.165, 1.54) is 36.0 Å². The van der Waals surface area contributed by atoms with Gasteiger partial charge in [-0.3, -0.25) is 4.79 Å². The molecule has 0 saturated carbocycles. The van der Waals surface area contributed by atoms with Gasteiger partial charge in [-0.25, -0.2) is 9.18 Å². The first-order valence-electron chi connectivity index (χ1n) is 6.10. The highest BCUT2D eigenvalue weighted by molar-refractivity contribution is 7.98. The van der Waals surface area contributed by atoms with E-state index in [1.54, 1.807) is 0 Å². The molecule has 0 aliphatic carbocycles. The van der Waals surface area contributed by atoms with Crippen LogP contribution in [0, 0.1) is 5.82 Å². The molecule has 0 bridgehead atoms. The first-order valence-corrected chi connectivity index (χ1v) is 7.87. The monoisotopic (exact) mass is 331 g/mol. The Kier molecular flexibility index (Phi) is 7.25. The van der Waals surface area contributed by atoms with Crippen molar-refractivity contribution in [2.75, 3.05) is 12.0 Å². The normalized spacial score (nSPS) is 12.3. The molecule has 1 aromatic carbocycles. The second kappa shape index (κ2) is 8.69. The minimum Gasteiger partial charge on any atom is -0.480 e. The van der Waals surface area contributed by atoms with Crippen molar-refractivity contribution in [1.82, 2.24) is 5.32 Å². The van der Waals surface area contributed by atoms with Gasteiger partial charge >= 0.3 is 5.97 Å². The Balaban J connectivity index is 2.71. The number of rotatable bonds is 7. The molecule has 0 spiro atoms. The second-order valence-corrected chi connectivity index (χ2v) is 5.54. The zero-order chi connectivity index (χ0) is 15.8. The SMILES string of the molecule is CSCC[C@@H](NC(=O)/C=C/c1c(F)cccc1Cl)C(=O)O. The van der Waals surface area contributed by atoms with Crippen LogP contribution in [0.2, 0.25) is 5.02 Å². The van der Waals surface area contributed by atoms with E-state index in [1.807, 2.05) is 6.26 Å². The van der Waals surface area contributed by atoms with E-state index in [9.17, 15) is 14.0 Å². The summed E-state index contributed by atoms with van der Waals surface area (Å²) < 4.78 is 13.5. The maximum absolute atomic E-state index is 13.5. The van der Waals surface area contributed by atoms with Crippen LogP contribution >= 0.6 is 23.4 Å².